The Balaban J connectivity index is 2.24. The molecule has 0 amide bonds. The fourth-order valence-electron chi connectivity index (χ4n) is 2.51. The molecular formula is C16H15. The summed E-state index contributed by atoms with van der Waals surface area (Å²) >= 11 is 0. The summed E-state index contributed by atoms with van der Waals surface area (Å²) in [5.74, 6) is 0.584. The molecule has 0 N–H and O–H groups in total. The Morgan fingerprint density at radius 1 is 0.812 bits per heavy atom. The molecule has 0 nitrogen and oxygen atoms in total. The molecule has 0 atom stereocenters. The second-order valence-corrected chi connectivity index (χ2v) is 4.69. The molecule has 1 aliphatic carbocycles. The van der Waals surface area contributed by atoms with Crippen LogP contribution < -0.4 is 0 Å². The average molecular weight is 207 g/mol. The summed E-state index contributed by atoms with van der Waals surface area (Å²) in [6.45, 7) is 4.51. The molecule has 1 aliphatic rings. The Kier molecular flexibility index (Phi) is 2.10. The summed E-state index contributed by atoms with van der Waals surface area (Å²) in [5.41, 5.74) is 6.99. The summed E-state index contributed by atoms with van der Waals surface area (Å²) in [6.07, 6.45) is 2.32. The van der Waals surface area contributed by atoms with E-state index in [-0.39, 0.29) is 0 Å². The fraction of sp³-hybridized carbons (Fsp3) is 0.188. The van der Waals surface area contributed by atoms with E-state index in [0.717, 1.165) is 0 Å². The van der Waals surface area contributed by atoms with Crippen molar-refractivity contribution in [3.05, 3.63) is 65.6 Å². The van der Waals surface area contributed by atoms with Crippen molar-refractivity contribution in [2.75, 3.05) is 0 Å². The van der Waals surface area contributed by atoms with Crippen molar-refractivity contribution in [3.63, 3.8) is 0 Å². The topological polar surface area (TPSA) is 0 Å². The first-order valence-corrected chi connectivity index (χ1v) is 5.84. The van der Waals surface area contributed by atoms with Crippen LogP contribution in [-0.4, -0.2) is 0 Å². The van der Waals surface area contributed by atoms with E-state index in [0.29, 0.717) is 5.92 Å². The first kappa shape index (κ1) is 9.65. The first-order chi connectivity index (χ1) is 7.77. The number of hydrogen-bond acceptors (Lipinski definition) is 0. The van der Waals surface area contributed by atoms with E-state index < -0.39 is 0 Å². The minimum Gasteiger partial charge on any atom is -0.0619 e. The molecule has 1 radical (unpaired) electrons. The van der Waals surface area contributed by atoms with Gasteiger partial charge in [0.1, 0.15) is 0 Å². The zero-order valence-electron chi connectivity index (χ0n) is 9.70. The predicted octanol–water partition coefficient (Wildman–Crippen LogP) is 4.39. The summed E-state index contributed by atoms with van der Waals surface area (Å²) in [4.78, 5) is 0. The van der Waals surface area contributed by atoms with Crippen LogP contribution in [0, 0.1) is 6.42 Å². The van der Waals surface area contributed by atoms with Gasteiger partial charge in [0.05, 0.1) is 0 Å². The van der Waals surface area contributed by atoms with E-state index in [1.807, 2.05) is 0 Å². The van der Waals surface area contributed by atoms with Crippen LogP contribution >= 0.6 is 0 Å². The Morgan fingerprint density at radius 2 is 1.56 bits per heavy atom. The largest absolute Gasteiger partial charge is 0.0619 e. The zero-order chi connectivity index (χ0) is 11.1. The van der Waals surface area contributed by atoms with E-state index in [1.54, 1.807) is 0 Å². The van der Waals surface area contributed by atoms with Gasteiger partial charge in [-0.15, -0.1) is 0 Å². The molecule has 16 heavy (non-hydrogen) atoms. The molecule has 3 rings (SSSR count). The minimum atomic E-state index is 0.584. The fourth-order valence-corrected chi connectivity index (χ4v) is 2.51. The SMILES string of the molecule is CC(C)c1cccc2c1[CH]c1ccccc1-2. The third kappa shape index (κ3) is 1.30. The lowest BCUT2D eigenvalue weighted by molar-refractivity contribution is 0.861. The van der Waals surface area contributed by atoms with Crippen LogP contribution in [0.5, 0.6) is 0 Å². The van der Waals surface area contributed by atoms with Gasteiger partial charge in [-0.1, -0.05) is 56.3 Å². The molecule has 2 aromatic carbocycles. The summed E-state index contributed by atoms with van der Waals surface area (Å²) in [5, 5.41) is 0. The van der Waals surface area contributed by atoms with Gasteiger partial charge in [-0.05, 0) is 33.7 Å². The molecule has 0 saturated carbocycles. The highest BCUT2D eigenvalue weighted by molar-refractivity contribution is 5.82. The summed E-state index contributed by atoms with van der Waals surface area (Å²) < 4.78 is 0. The molecule has 79 valence electrons. The molecule has 0 spiro atoms. The van der Waals surface area contributed by atoms with Crippen molar-refractivity contribution in [3.8, 4) is 11.1 Å². The maximum absolute atomic E-state index is 2.32. The van der Waals surface area contributed by atoms with Crippen molar-refractivity contribution in [2.24, 2.45) is 0 Å². The van der Waals surface area contributed by atoms with E-state index in [4.69, 9.17) is 0 Å². The smallest absolute Gasteiger partial charge is 0.0214 e. The van der Waals surface area contributed by atoms with E-state index in [2.05, 4.69) is 62.7 Å². The number of fused-ring (bicyclic) bond motifs is 3. The molecule has 0 unspecified atom stereocenters. The molecule has 0 saturated heterocycles. The van der Waals surface area contributed by atoms with E-state index in [1.165, 1.54) is 27.8 Å². The number of hydrogen-bond donors (Lipinski definition) is 0. The number of benzene rings is 2. The molecule has 0 heteroatoms. The van der Waals surface area contributed by atoms with Gasteiger partial charge in [0.15, 0.2) is 0 Å². The lowest BCUT2D eigenvalue weighted by Crippen LogP contribution is -1.93. The number of rotatable bonds is 1. The lowest BCUT2D eigenvalue weighted by Gasteiger charge is -2.11. The van der Waals surface area contributed by atoms with E-state index in [9.17, 15) is 0 Å². The maximum atomic E-state index is 2.32. The van der Waals surface area contributed by atoms with Gasteiger partial charge in [0.25, 0.3) is 0 Å². The van der Waals surface area contributed by atoms with Crippen molar-refractivity contribution < 1.29 is 0 Å². The van der Waals surface area contributed by atoms with Gasteiger partial charge in [0.2, 0.25) is 0 Å². The normalized spacial score (nSPS) is 12.7. The van der Waals surface area contributed by atoms with Gasteiger partial charge in [-0.2, -0.15) is 0 Å². The van der Waals surface area contributed by atoms with Crippen LogP contribution in [0.1, 0.15) is 36.5 Å². The van der Waals surface area contributed by atoms with Crippen LogP contribution in [0.15, 0.2) is 42.5 Å². The van der Waals surface area contributed by atoms with Crippen LogP contribution in [0.25, 0.3) is 11.1 Å². The molecule has 0 fully saturated rings. The Hall–Kier alpha value is -1.56. The Labute approximate surface area is 96.9 Å². The predicted molar refractivity (Wildman–Crippen MR) is 68.5 cm³/mol. The highest BCUT2D eigenvalue weighted by atomic mass is 14.2. The van der Waals surface area contributed by atoms with Gasteiger partial charge in [-0.3, -0.25) is 0 Å². The quantitative estimate of drug-likeness (QED) is 0.555. The maximum Gasteiger partial charge on any atom is 0.0214 e. The average Bonchev–Trinajstić information content (AvgIpc) is 2.67. The Bertz CT molecular complexity index is 535. The second-order valence-electron chi connectivity index (χ2n) is 4.69. The van der Waals surface area contributed by atoms with Crippen molar-refractivity contribution >= 4 is 0 Å². The van der Waals surface area contributed by atoms with Crippen LogP contribution in [0.3, 0.4) is 0 Å². The van der Waals surface area contributed by atoms with Gasteiger partial charge in [-0.25, -0.2) is 0 Å². The summed E-state index contributed by atoms with van der Waals surface area (Å²) in [7, 11) is 0. The second kappa shape index (κ2) is 3.48. The molecule has 0 aromatic heterocycles. The van der Waals surface area contributed by atoms with Crippen LogP contribution in [0.2, 0.25) is 0 Å². The monoisotopic (exact) mass is 207 g/mol. The van der Waals surface area contributed by atoms with Gasteiger partial charge < -0.3 is 0 Å². The Morgan fingerprint density at radius 3 is 2.38 bits per heavy atom. The molecule has 0 heterocycles. The zero-order valence-corrected chi connectivity index (χ0v) is 9.70. The molecule has 0 aliphatic heterocycles. The highest BCUT2D eigenvalue weighted by Gasteiger charge is 2.21. The van der Waals surface area contributed by atoms with E-state index >= 15 is 0 Å². The van der Waals surface area contributed by atoms with Gasteiger partial charge in [0, 0.05) is 6.42 Å². The summed E-state index contributed by atoms with van der Waals surface area (Å²) in [6, 6.07) is 15.3. The molecular weight excluding hydrogens is 192 g/mol. The van der Waals surface area contributed by atoms with Crippen LogP contribution in [0.4, 0.5) is 0 Å². The third-order valence-electron chi connectivity index (χ3n) is 3.31. The standard InChI is InChI=1S/C16H15/c1-11(2)13-8-5-9-15-14-7-4-3-6-12(14)10-16(13)15/h3-11H,1-2H3. The van der Waals surface area contributed by atoms with Crippen LogP contribution in [-0.2, 0) is 0 Å². The van der Waals surface area contributed by atoms with Gasteiger partial charge >= 0.3 is 0 Å². The van der Waals surface area contributed by atoms with Crippen molar-refractivity contribution in [2.45, 2.75) is 19.8 Å². The first-order valence-electron chi connectivity index (χ1n) is 5.84. The third-order valence-corrected chi connectivity index (χ3v) is 3.31. The van der Waals surface area contributed by atoms with Crippen molar-refractivity contribution in [1.82, 2.24) is 0 Å². The lowest BCUT2D eigenvalue weighted by atomic mass is 9.94. The van der Waals surface area contributed by atoms with Crippen molar-refractivity contribution in [1.29, 1.82) is 0 Å². The minimum absolute atomic E-state index is 0.584. The molecule has 2 aromatic rings. The molecule has 0 bridgehead atoms. The highest BCUT2D eigenvalue weighted by Crippen LogP contribution is 2.41.